The number of carbonyl (C=O) groups excluding carboxylic acids is 2. The largest absolute Gasteiger partial charge is 0.370 e. The van der Waals surface area contributed by atoms with Crippen LogP contribution in [0.3, 0.4) is 0 Å². The van der Waals surface area contributed by atoms with Crippen molar-refractivity contribution in [1.82, 2.24) is 5.32 Å². The lowest BCUT2D eigenvalue weighted by molar-refractivity contribution is -0.136. The van der Waals surface area contributed by atoms with Crippen molar-refractivity contribution in [2.45, 2.75) is 18.9 Å². The fourth-order valence-electron chi connectivity index (χ4n) is 3.47. The third-order valence-electron chi connectivity index (χ3n) is 4.81. The Labute approximate surface area is 172 Å². The zero-order valence-electron chi connectivity index (χ0n) is 15.5. The summed E-state index contributed by atoms with van der Waals surface area (Å²) < 4.78 is 13.5. The fourth-order valence-corrected chi connectivity index (χ4v) is 3.59. The number of carbonyl (C=O) groups is 2. The molecule has 0 aromatic heterocycles. The second-order valence-corrected chi connectivity index (χ2v) is 7.20. The minimum Gasteiger partial charge on any atom is -0.370 e. The van der Waals surface area contributed by atoms with Gasteiger partial charge in [-0.1, -0.05) is 35.9 Å². The van der Waals surface area contributed by atoms with Gasteiger partial charge in [-0.2, -0.15) is 0 Å². The van der Waals surface area contributed by atoms with E-state index < -0.39 is 17.6 Å². The Morgan fingerprint density at radius 1 is 1.17 bits per heavy atom. The van der Waals surface area contributed by atoms with Crippen LogP contribution < -0.4 is 22.1 Å². The molecule has 6 N–H and O–H groups in total. The van der Waals surface area contributed by atoms with E-state index in [9.17, 15) is 14.0 Å². The first kappa shape index (κ1) is 20.6. The molecule has 0 unspecified atom stereocenters. The van der Waals surface area contributed by atoms with E-state index in [2.05, 4.69) is 15.6 Å². The molecule has 0 bridgehead atoms. The summed E-state index contributed by atoms with van der Waals surface area (Å²) in [5.74, 6) is -2.33. The van der Waals surface area contributed by atoms with Crippen LogP contribution in [0.2, 0.25) is 5.02 Å². The van der Waals surface area contributed by atoms with Gasteiger partial charge in [0.2, 0.25) is 0 Å². The summed E-state index contributed by atoms with van der Waals surface area (Å²) >= 11 is 5.63. The monoisotopic (exact) mass is 417 g/mol. The predicted molar refractivity (Wildman–Crippen MR) is 110 cm³/mol. The standard InChI is InChI=1S/C20H21ClFN5O2/c21-15-6-5-13(10-16(15)22)26-18(28)19(29)27-17-12(7-8-25-20(23)24)9-11-3-1-2-4-14(11)17/h1-6,10,12,17H,7-9H2,(H,26,28)(H,27,29)(H4,23,24,25)/t12-,17+/m1/s1. The molecule has 1 aliphatic carbocycles. The van der Waals surface area contributed by atoms with Crippen molar-refractivity contribution in [3.05, 3.63) is 64.4 Å². The van der Waals surface area contributed by atoms with Crippen LogP contribution in [0.4, 0.5) is 10.1 Å². The Hall–Kier alpha value is -3.13. The zero-order chi connectivity index (χ0) is 21.0. The highest BCUT2D eigenvalue weighted by Gasteiger charge is 2.34. The van der Waals surface area contributed by atoms with Crippen molar-refractivity contribution in [2.24, 2.45) is 22.4 Å². The molecule has 0 fully saturated rings. The van der Waals surface area contributed by atoms with Crippen molar-refractivity contribution in [2.75, 3.05) is 11.9 Å². The number of rotatable bonds is 5. The van der Waals surface area contributed by atoms with Gasteiger partial charge >= 0.3 is 11.8 Å². The van der Waals surface area contributed by atoms with Crippen molar-refractivity contribution in [3.8, 4) is 0 Å². The van der Waals surface area contributed by atoms with E-state index in [0.29, 0.717) is 13.0 Å². The van der Waals surface area contributed by atoms with Crippen molar-refractivity contribution in [1.29, 1.82) is 0 Å². The third kappa shape index (κ3) is 5.03. The van der Waals surface area contributed by atoms with Gasteiger partial charge in [0.25, 0.3) is 0 Å². The summed E-state index contributed by atoms with van der Waals surface area (Å²) in [7, 11) is 0. The highest BCUT2D eigenvalue weighted by atomic mass is 35.5. The van der Waals surface area contributed by atoms with Crippen LogP contribution in [-0.2, 0) is 16.0 Å². The second kappa shape index (κ2) is 8.91. The highest BCUT2D eigenvalue weighted by Crippen LogP contribution is 2.37. The molecule has 29 heavy (non-hydrogen) atoms. The van der Waals surface area contributed by atoms with E-state index in [4.69, 9.17) is 23.1 Å². The minimum atomic E-state index is -0.890. The first-order chi connectivity index (χ1) is 13.8. The Morgan fingerprint density at radius 3 is 2.66 bits per heavy atom. The van der Waals surface area contributed by atoms with Crippen LogP contribution in [0.15, 0.2) is 47.5 Å². The zero-order valence-corrected chi connectivity index (χ0v) is 16.2. The number of benzene rings is 2. The van der Waals surface area contributed by atoms with Gasteiger partial charge in [0.05, 0.1) is 11.1 Å². The maximum atomic E-state index is 13.5. The molecule has 9 heteroatoms. The van der Waals surface area contributed by atoms with Crippen LogP contribution >= 0.6 is 11.6 Å². The average Bonchev–Trinajstić information content (AvgIpc) is 3.02. The number of hydrogen-bond acceptors (Lipinski definition) is 3. The van der Waals surface area contributed by atoms with Crippen molar-refractivity contribution >= 4 is 35.1 Å². The molecule has 2 atom stereocenters. The lowest BCUT2D eigenvalue weighted by Crippen LogP contribution is -2.39. The molecule has 1 aliphatic rings. The molecule has 0 radical (unpaired) electrons. The number of aliphatic imine (C=N–C) groups is 1. The lowest BCUT2D eigenvalue weighted by atomic mass is 9.97. The lowest BCUT2D eigenvalue weighted by Gasteiger charge is -2.21. The van der Waals surface area contributed by atoms with E-state index in [1.807, 2.05) is 24.3 Å². The molecule has 2 amide bonds. The average molecular weight is 418 g/mol. The summed E-state index contributed by atoms with van der Waals surface area (Å²) in [6, 6.07) is 11.2. The molecule has 0 saturated heterocycles. The van der Waals surface area contributed by atoms with Gasteiger partial charge in [-0.25, -0.2) is 4.39 Å². The number of amides is 2. The van der Waals surface area contributed by atoms with E-state index in [0.717, 1.165) is 23.6 Å². The summed E-state index contributed by atoms with van der Waals surface area (Å²) in [4.78, 5) is 28.8. The molecule has 0 saturated carbocycles. The van der Waals surface area contributed by atoms with Gasteiger partial charge in [-0.15, -0.1) is 0 Å². The first-order valence-corrected chi connectivity index (χ1v) is 9.43. The van der Waals surface area contributed by atoms with E-state index in [1.54, 1.807) is 0 Å². The number of hydrogen-bond donors (Lipinski definition) is 4. The highest BCUT2D eigenvalue weighted by molar-refractivity contribution is 6.39. The SMILES string of the molecule is NC(N)=NCC[C@@H]1Cc2ccccc2[C@H]1NC(=O)C(=O)Nc1ccc(Cl)c(F)c1. The van der Waals surface area contributed by atoms with Crippen LogP contribution in [0, 0.1) is 11.7 Å². The fraction of sp³-hybridized carbons (Fsp3) is 0.250. The predicted octanol–water partition coefficient (Wildman–Crippen LogP) is 2.11. The number of anilines is 1. The summed E-state index contributed by atoms with van der Waals surface area (Å²) in [5, 5.41) is 5.09. The van der Waals surface area contributed by atoms with Crippen LogP contribution in [-0.4, -0.2) is 24.3 Å². The normalized spacial score (nSPS) is 17.3. The van der Waals surface area contributed by atoms with E-state index in [1.165, 1.54) is 12.1 Å². The number of fused-ring (bicyclic) bond motifs is 1. The van der Waals surface area contributed by atoms with E-state index in [-0.39, 0.29) is 28.6 Å². The summed E-state index contributed by atoms with van der Waals surface area (Å²) in [6.45, 7) is 0.420. The Bertz CT molecular complexity index is 962. The van der Waals surface area contributed by atoms with Crippen molar-refractivity contribution < 1.29 is 14.0 Å². The molecule has 2 aromatic carbocycles. The van der Waals surface area contributed by atoms with Crippen molar-refractivity contribution in [3.63, 3.8) is 0 Å². The quantitative estimate of drug-likeness (QED) is 0.338. The molecule has 0 spiro atoms. The summed E-state index contributed by atoms with van der Waals surface area (Å²) in [5.41, 5.74) is 13.0. The Balaban J connectivity index is 1.70. The first-order valence-electron chi connectivity index (χ1n) is 9.05. The molecule has 7 nitrogen and oxygen atoms in total. The molecular formula is C20H21ClFN5O2. The topological polar surface area (TPSA) is 123 Å². The molecule has 0 aliphatic heterocycles. The van der Waals surface area contributed by atoms with Crippen LogP contribution in [0.25, 0.3) is 0 Å². The van der Waals surface area contributed by atoms with Crippen LogP contribution in [0.1, 0.15) is 23.6 Å². The maximum absolute atomic E-state index is 13.5. The van der Waals surface area contributed by atoms with Gasteiger partial charge in [-0.05, 0) is 48.1 Å². The van der Waals surface area contributed by atoms with Gasteiger partial charge in [0.15, 0.2) is 5.96 Å². The van der Waals surface area contributed by atoms with E-state index >= 15 is 0 Å². The number of nitrogens with one attached hydrogen (secondary N) is 2. The van der Waals surface area contributed by atoms with Gasteiger partial charge in [0.1, 0.15) is 5.82 Å². The number of halogens is 2. The molecule has 3 rings (SSSR count). The van der Waals surface area contributed by atoms with Gasteiger partial charge in [-0.3, -0.25) is 14.6 Å². The molecule has 0 heterocycles. The maximum Gasteiger partial charge on any atom is 0.313 e. The number of guanidine groups is 1. The number of nitrogens with two attached hydrogens (primary N) is 2. The second-order valence-electron chi connectivity index (χ2n) is 6.79. The van der Waals surface area contributed by atoms with Gasteiger partial charge in [0, 0.05) is 12.2 Å². The summed E-state index contributed by atoms with van der Waals surface area (Å²) in [6.07, 6.45) is 1.38. The third-order valence-corrected chi connectivity index (χ3v) is 5.11. The minimum absolute atomic E-state index is 0.00988. The molecule has 152 valence electrons. The number of nitrogens with zero attached hydrogens (tertiary/aromatic N) is 1. The van der Waals surface area contributed by atoms with Gasteiger partial charge < -0.3 is 22.1 Å². The van der Waals surface area contributed by atoms with Crippen LogP contribution in [0.5, 0.6) is 0 Å². The molecular weight excluding hydrogens is 397 g/mol. The Morgan fingerprint density at radius 2 is 1.93 bits per heavy atom. The Kier molecular flexibility index (Phi) is 6.33. The smallest absolute Gasteiger partial charge is 0.313 e. The molecule has 2 aromatic rings.